The number of rotatable bonds is 7. The van der Waals surface area contributed by atoms with E-state index in [1.807, 2.05) is 7.05 Å². The zero-order valence-electron chi connectivity index (χ0n) is 13.8. The fourth-order valence-corrected chi connectivity index (χ4v) is 2.74. The van der Waals surface area contributed by atoms with Gasteiger partial charge in [-0.15, -0.1) is 0 Å². The minimum absolute atomic E-state index is 0.949. The number of likely N-dealkylation sites (N-methyl/N-ethyl adjacent to an activating group) is 1. The van der Waals surface area contributed by atoms with Gasteiger partial charge in [-0.1, -0.05) is 24.3 Å². The van der Waals surface area contributed by atoms with Crippen LogP contribution in [0.3, 0.4) is 0 Å². The van der Waals surface area contributed by atoms with E-state index in [4.69, 9.17) is 0 Å². The summed E-state index contributed by atoms with van der Waals surface area (Å²) in [5.74, 6) is 0. The van der Waals surface area contributed by atoms with Gasteiger partial charge >= 0.3 is 0 Å². The summed E-state index contributed by atoms with van der Waals surface area (Å²) < 4.78 is 0. The van der Waals surface area contributed by atoms with Crippen LogP contribution in [0.15, 0.2) is 24.3 Å². The Bertz CT molecular complexity index is 394. The highest BCUT2D eigenvalue weighted by Gasteiger charge is 2.16. The van der Waals surface area contributed by atoms with Gasteiger partial charge in [0.15, 0.2) is 0 Å². The van der Waals surface area contributed by atoms with E-state index in [0.717, 1.165) is 19.6 Å². The predicted octanol–water partition coefficient (Wildman–Crippen LogP) is 1.09. The number of hydrogen-bond acceptors (Lipinski definition) is 4. The Morgan fingerprint density at radius 3 is 2.10 bits per heavy atom. The number of piperazine rings is 1. The Labute approximate surface area is 129 Å². The van der Waals surface area contributed by atoms with Crippen LogP contribution in [-0.4, -0.2) is 75.1 Å². The number of hydrogen-bond donors (Lipinski definition) is 1. The van der Waals surface area contributed by atoms with Crippen molar-refractivity contribution >= 4 is 0 Å². The third kappa shape index (κ3) is 5.75. The zero-order valence-corrected chi connectivity index (χ0v) is 13.8. The molecule has 4 nitrogen and oxygen atoms in total. The second-order valence-corrected chi connectivity index (χ2v) is 6.27. The topological polar surface area (TPSA) is 21.8 Å². The predicted molar refractivity (Wildman–Crippen MR) is 89.5 cm³/mol. The van der Waals surface area contributed by atoms with E-state index in [-0.39, 0.29) is 0 Å². The molecule has 1 aromatic carbocycles. The third-order valence-corrected chi connectivity index (χ3v) is 4.14. The van der Waals surface area contributed by atoms with E-state index < -0.39 is 0 Å². The van der Waals surface area contributed by atoms with Crippen LogP contribution in [0.2, 0.25) is 0 Å². The first kappa shape index (κ1) is 16.4. The molecule has 0 unspecified atom stereocenters. The molecule has 0 bridgehead atoms. The van der Waals surface area contributed by atoms with Crippen molar-refractivity contribution in [1.29, 1.82) is 0 Å². The van der Waals surface area contributed by atoms with Crippen molar-refractivity contribution in [2.75, 3.05) is 60.4 Å². The second kappa shape index (κ2) is 8.49. The lowest BCUT2D eigenvalue weighted by Gasteiger charge is -2.35. The fourth-order valence-electron chi connectivity index (χ4n) is 2.74. The maximum atomic E-state index is 3.19. The Kier molecular flexibility index (Phi) is 6.64. The van der Waals surface area contributed by atoms with Gasteiger partial charge in [0.05, 0.1) is 0 Å². The molecule has 2 rings (SSSR count). The van der Waals surface area contributed by atoms with Gasteiger partial charge in [-0.3, -0.25) is 9.80 Å². The Morgan fingerprint density at radius 2 is 1.52 bits per heavy atom. The molecule has 1 aromatic rings. The van der Waals surface area contributed by atoms with Gasteiger partial charge in [0, 0.05) is 52.4 Å². The lowest BCUT2D eigenvalue weighted by atomic mass is 10.1. The van der Waals surface area contributed by atoms with Crippen LogP contribution in [0.4, 0.5) is 0 Å². The molecule has 1 fully saturated rings. The molecule has 0 saturated carbocycles. The lowest BCUT2D eigenvalue weighted by molar-refractivity contribution is 0.120. The van der Waals surface area contributed by atoms with Crippen molar-refractivity contribution in [3.05, 3.63) is 35.4 Å². The molecule has 0 atom stereocenters. The molecule has 0 aromatic heterocycles. The lowest BCUT2D eigenvalue weighted by Crippen LogP contribution is -2.47. The van der Waals surface area contributed by atoms with Gasteiger partial charge in [0.1, 0.15) is 0 Å². The number of nitrogens with one attached hydrogen (secondary N) is 1. The number of nitrogens with zero attached hydrogens (tertiary/aromatic N) is 3. The highest BCUT2D eigenvalue weighted by molar-refractivity contribution is 5.22. The highest BCUT2D eigenvalue weighted by atomic mass is 15.3. The van der Waals surface area contributed by atoms with Crippen LogP contribution < -0.4 is 5.32 Å². The van der Waals surface area contributed by atoms with Crippen LogP contribution >= 0.6 is 0 Å². The Morgan fingerprint density at radius 1 is 0.952 bits per heavy atom. The van der Waals surface area contributed by atoms with E-state index in [0.29, 0.717) is 0 Å². The Balaban J connectivity index is 1.72. The van der Waals surface area contributed by atoms with Crippen molar-refractivity contribution in [2.24, 2.45) is 0 Å². The molecular weight excluding hydrogens is 260 g/mol. The molecular formula is C17H30N4. The van der Waals surface area contributed by atoms with E-state index >= 15 is 0 Å². The average molecular weight is 290 g/mol. The maximum absolute atomic E-state index is 3.19. The van der Waals surface area contributed by atoms with Crippen molar-refractivity contribution in [3.8, 4) is 0 Å². The van der Waals surface area contributed by atoms with Gasteiger partial charge in [-0.2, -0.15) is 0 Å². The summed E-state index contributed by atoms with van der Waals surface area (Å²) in [7, 11) is 6.28. The van der Waals surface area contributed by atoms with E-state index in [9.17, 15) is 0 Å². The van der Waals surface area contributed by atoms with Gasteiger partial charge in [0.2, 0.25) is 0 Å². The second-order valence-electron chi connectivity index (χ2n) is 6.27. The summed E-state index contributed by atoms with van der Waals surface area (Å²) in [4.78, 5) is 7.41. The summed E-state index contributed by atoms with van der Waals surface area (Å²) in [6.45, 7) is 9.16. The largest absolute Gasteiger partial charge is 0.316 e. The standard InChI is InChI=1S/C17H30N4/c1-18-14-16-4-6-17(7-5-16)15-21-12-10-20(11-13-21)9-8-19(2)3/h4-7,18H,8-15H2,1-3H3. The molecule has 1 aliphatic heterocycles. The summed E-state index contributed by atoms with van der Waals surface area (Å²) in [5.41, 5.74) is 2.78. The molecule has 4 heteroatoms. The fraction of sp³-hybridized carbons (Fsp3) is 0.647. The van der Waals surface area contributed by atoms with E-state index in [2.05, 4.69) is 58.4 Å². The van der Waals surface area contributed by atoms with Gasteiger partial charge < -0.3 is 10.2 Å². The van der Waals surface area contributed by atoms with E-state index in [1.165, 1.54) is 43.9 Å². The van der Waals surface area contributed by atoms with Gasteiger partial charge in [-0.25, -0.2) is 0 Å². The minimum Gasteiger partial charge on any atom is -0.316 e. The normalized spacial score (nSPS) is 17.5. The van der Waals surface area contributed by atoms with Crippen molar-refractivity contribution in [3.63, 3.8) is 0 Å². The van der Waals surface area contributed by atoms with Crippen LogP contribution in [0.1, 0.15) is 11.1 Å². The summed E-state index contributed by atoms with van der Waals surface area (Å²) in [5, 5.41) is 3.19. The molecule has 118 valence electrons. The monoisotopic (exact) mass is 290 g/mol. The van der Waals surface area contributed by atoms with Crippen LogP contribution in [0.25, 0.3) is 0 Å². The Hall–Kier alpha value is -0.940. The summed E-state index contributed by atoms with van der Waals surface area (Å²) >= 11 is 0. The smallest absolute Gasteiger partial charge is 0.0234 e. The van der Waals surface area contributed by atoms with Crippen molar-refractivity contribution in [2.45, 2.75) is 13.1 Å². The molecule has 0 aliphatic carbocycles. The zero-order chi connectivity index (χ0) is 15.1. The van der Waals surface area contributed by atoms with Gasteiger partial charge in [0.25, 0.3) is 0 Å². The molecule has 0 spiro atoms. The first-order chi connectivity index (χ1) is 10.2. The quantitative estimate of drug-likeness (QED) is 0.811. The third-order valence-electron chi connectivity index (χ3n) is 4.14. The maximum Gasteiger partial charge on any atom is 0.0234 e. The van der Waals surface area contributed by atoms with Crippen LogP contribution in [-0.2, 0) is 13.1 Å². The molecule has 1 N–H and O–H groups in total. The minimum atomic E-state index is 0.949. The average Bonchev–Trinajstić information content (AvgIpc) is 2.49. The SMILES string of the molecule is CNCc1ccc(CN2CCN(CCN(C)C)CC2)cc1. The summed E-state index contributed by atoms with van der Waals surface area (Å²) in [6, 6.07) is 9.01. The first-order valence-corrected chi connectivity index (χ1v) is 7.99. The molecule has 1 saturated heterocycles. The molecule has 1 aliphatic rings. The molecule has 21 heavy (non-hydrogen) atoms. The van der Waals surface area contributed by atoms with Crippen molar-refractivity contribution in [1.82, 2.24) is 20.0 Å². The van der Waals surface area contributed by atoms with Crippen LogP contribution in [0.5, 0.6) is 0 Å². The molecule has 0 amide bonds. The highest BCUT2D eigenvalue weighted by Crippen LogP contribution is 2.10. The molecule has 1 heterocycles. The number of benzene rings is 1. The molecule has 0 radical (unpaired) electrons. The van der Waals surface area contributed by atoms with Crippen LogP contribution in [0, 0.1) is 0 Å². The van der Waals surface area contributed by atoms with Crippen molar-refractivity contribution < 1.29 is 0 Å². The van der Waals surface area contributed by atoms with Gasteiger partial charge in [-0.05, 0) is 32.3 Å². The first-order valence-electron chi connectivity index (χ1n) is 7.99. The summed E-state index contributed by atoms with van der Waals surface area (Å²) in [6.07, 6.45) is 0. The van der Waals surface area contributed by atoms with E-state index in [1.54, 1.807) is 0 Å².